The summed E-state index contributed by atoms with van der Waals surface area (Å²) in [5, 5.41) is 0. The molecule has 0 saturated heterocycles. The van der Waals surface area contributed by atoms with Crippen LogP contribution in [0.25, 0.3) is 0 Å². The second kappa shape index (κ2) is 21.8. The molecule has 2 aromatic rings. The number of ether oxygens (including phenoxy) is 1. The third kappa shape index (κ3) is 15.5. The first-order valence-corrected chi connectivity index (χ1v) is 20.3. The fourth-order valence-electron chi connectivity index (χ4n) is 5.95. The predicted molar refractivity (Wildman–Crippen MR) is 184 cm³/mol. The van der Waals surface area contributed by atoms with Gasteiger partial charge in [-0.15, -0.1) is 0 Å². The van der Waals surface area contributed by atoms with Gasteiger partial charge < -0.3 is 4.74 Å². The number of aryl methyl sites for hydroxylation is 1. The summed E-state index contributed by atoms with van der Waals surface area (Å²) in [6.45, 7) is 4.43. The van der Waals surface area contributed by atoms with Crippen LogP contribution in [0.5, 0.6) is 11.5 Å². The summed E-state index contributed by atoms with van der Waals surface area (Å²) >= 11 is 0. The maximum absolute atomic E-state index is 12.7. The van der Waals surface area contributed by atoms with Crippen LogP contribution in [0, 0.1) is 0 Å². The van der Waals surface area contributed by atoms with Gasteiger partial charge in [-0.2, -0.15) is 16.8 Å². The minimum atomic E-state index is -5.07. The van der Waals surface area contributed by atoms with Gasteiger partial charge in [0.2, 0.25) is 0 Å². The number of rotatable bonds is 26. The van der Waals surface area contributed by atoms with Gasteiger partial charge in [0.1, 0.15) is 10.6 Å². The fraction of sp³-hybridized carbons (Fsp3) is 0.667. The zero-order chi connectivity index (χ0) is 33.0. The summed E-state index contributed by atoms with van der Waals surface area (Å²) in [6.07, 6.45) is 24.0. The van der Waals surface area contributed by atoms with E-state index in [0.717, 1.165) is 51.4 Å². The minimum absolute atomic E-state index is 0.211. The standard InChI is InChI=1S/C36H58O7S2/c1-3-5-7-9-11-13-15-17-19-22-26-31-30-34(44(37,38)39)36(45(40,41)42)35(43-32-27-23-21-24-28-32)33(31)29-25-20-18-16-14-12-10-8-6-4-2/h21,23-24,27-28,30H,3-20,22,25-26,29H2,1-2H3,(H,37,38,39)(H,40,41,42). The van der Waals surface area contributed by atoms with Gasteiger partial charge in [0.15, 0.2) is 10.6 Å². The number of benzene rings is 2. The van der Waals surface area contributed by atoms with Crippen molar-refractivity contribution in [2.24, 2.45) is 0 Å². The highest BCUT2D eigenvalue weighted by atomic mass is 32.2. The molecule has 256 valence electrons. The smallest absolute Gasteiger partial charge is 0.299 e. The topological polar surface area (TPSA) is 118 Å². The quantitative estimate of drug-likeness (QED) is 0.0757. The van der Waals surface area contributed by atoms with Crippen LogP contribution in [0.1, 0.15) is 153 Å². The highest BCUT2D eigenvalue weighted by Crippen LogP contribution is 2.41. The Balaban J connectivity index is 2.26. The first-order valence-electron chi connectivity index (χ1n) is 17.5. The third-order valence-electron chi connectivity index (χ3n) is 8.48. The molecule has 9 heteroatoms. The summed E-state index contributed by atoms with van der Waals surface area (Å²) in [6, 6.07) is 9.74. The number of hydrogen-bond acceptors (Lipinski definition) is 5. The van der Waals surface area contributed by atoms with Gasteiger partial charge >= 0.3 is 0 Å². The lowest BCUT2D eigenvalue weighted by Gasteiger charge is -2.20. The van der Waals surface area contributed by atoms with Crippen molar-refractivity contribution in [1.82, 2.24) is 0 Å². The van der Waals surface area contributed by atoms with Crippen molar-refractivity contribution in [3.8, 4) is 11.5 Å². The monoisotopic (exact) mass is 666 g/mol. The lowest BCUT2D eigenvalue weighted by Crippen LogP contribution is -2.14. The summed E-state index contributed by atoms with van der Waals surface area (Å²) in [4.78, 5) is -1.74. The molecular formula is C36H58O7S2. The molecular weight excluding hydrogens is 609 g/mol. The second-order valence-corrected chi connectivity index (χ2v) is 15.1. The highest BCUT2D eigenvalue weighted by Gasteiger charge is 2.33. The van der Waals surface area contributed by atoms with E-state index in [1.807, 2.05) is 0 Å². The van der Waals surface area contributed by atoms with Crippen molar-refractivity contribution in [2.45, 2.75) is 165 Å². The van der Waals surface area contributed by atoms with Crippen LogP contribution >= 0.6 is 0 Å². The lowest BCUT2D eigenvalue weighted by molar-refractivity contribution is 0.430. The van der Waals surface area contributed by atoms with Gasteiger partial charge in [0, 0.05) is 0 Å². The molecule has 7 nitrogen and oxygen atoms in total. The van der Waals surface area contributed by atoms with Crippen molar-refractivity contribution >= 4 is 20.2 Å². The Hall–Kier alpha value is -1.94. The Morgan fingerprint density at radius 1 is 0.556 bits per heavy atom. The first kappa shape index (κ1) is 39.2. The molecule has 0 heterocycles. The number of para-hydroxylation sites is 1. The predicted octanol–water partition coefficient (Wildman–Crippen LogP) is 10.9. The van der Waals surface area contributed by atoms with Crippen LogP contribution in [-0.4, -0.2) is 25.9 Å². The molecule has 0 amide bonds. The van der Waals surface area contributed by atoms with E-state index < -0.39 is 30.0 Å². The molecule has 2 N–H and O–H groups in total. The van der Waals surface area contributed by atoms with Crippen molar-refractivity contribution in [3.63, 3.8) is 0 Å². The van der Waals surface area contributed by atoms with Crippen LogP contribution in [0.2, 0.25) is 0 Å². The van der Waals surface area contributed by atoms with Crippen LogP contribution < -0.4 is 4.74 Å². The Kier molecular flexibility index (Phi) is 19.0. The average Bonchev–Trinajstić information content (AvgIpc) is 2.99. The van der Waals surface area contributed by atoms with Crippen LogP contribution in [0.3, 0.4) is 0 Å². The molecule has 0 spiro atoms. The van der Waals surface area contributed by atoms with Crippen molar-refractivity contribution in [1.29, 1.82) is 0 Å². The molecule has 0 atom stereocenters. The van der Waals surface area contributed by atoms with E-state index in [2.05, 4.69) is 13.8 Å². The Morgan fingerprint density at radius 3 is 1.40 bits per heavy atom. The van der Waals surface area contributed by atoms with Gasteiger partial charge in [0.25, 0.3) is 20.2 Å². The second-order valence-electron chi connectivity index (χ2n) is 12.4. The maximum atomic E-state index is 12.7. The Morgan fingerprint density at radius 2 is 0.978 bits per heavy atom. The van der Waals surface area contributed by atoms with E-state index >= 15 is 0 Å². The molecule has 0 bridgehead atoms. The van der Waals surface area contributed by atoms with E-state index in [1.165, 1.54) is 83.1 Å². The molecule has 0 aliphatic heterocycles. The van der Waals surface area contributed by atoms with Gasteiger partial charge in [-0.05, 0) is 55.0 Å². The van der Waals surface area contributed by atoms with E-state index in [1.54, 1.807) is 30.3 Å². The molecule has 2 aromatic carbocycles. The van der Waals surface area contributed by atoms with Gasteiger partial charge in [-0.3, -0.25) is 9.11 Å². The van der Waals surface area contributed by atoms with E-state index in [0.29, 0.717) is 29.7 Å². The molecule has 0 saturated carbocycles. The maximum Gasteiger partial charge on any atom is 0.299 e. The molecule has 2 rings (SSSR count). The van der Waals surface area contributed by atoms with Gasteiger partial charge in [0.05, 0.1) is 0 Å². The van der Waals surface area contributed by atoms with Crippen molar-refractivity contribution in [2.75, 3.05) is 0 Å². The fourth-order valence-corrected chi connectivity index (χ4v) is 7.91. The average molecular weight is 667 g/mol. The summed E-state index contributed by atoms with van der Waals surface area (Å²) in [7, 11) is -10.1. The summed E-state index contributed by atoms with van der Waals surface area (Å²) in [5.41, 5.74) is 1.21. The SMILES string of the molecule is CCCCCCCCCCCCc1cc(S(=O)(=O)O)c(S(=O)(=O)O)c(Oc2ccccc2)c1CCCCCCCCCCCC. The molecule has 0 fully saturated rings. The summed E-state index contributed by atoms with van der Waals surface area (Å²) in [5.74, 6) is 0.0981. The van der Waals surface area contributed by atoms with Gasteiger partial charge in [-0.25, -0.2) is 0 Å². The molecule has 0 aliphatic carbocycles. The van der Waals surface area contributed by atoms with Crippen molar-refractivity contribution in [3.05, 3.63) is 47.5 Å². The Labute approximate surface area is 274 Å². The van der Waals surface area contributed by atoms with E-state index in [-0.39, 0.29) is 5.75 Å². The van der Waals surface area contributed by atoms with E-state index in [4.69, 9.17) is 4.74 Å². The number of hydrogen-bond donors (Lipinski definition) is 2. The normalized spacial score (nSPS) is 12.1. The lowest BCUT2D eigenvalue weighted by atomic mass is 9.95. The zero-order valence-corrected chi connectivity index (χ0v) is 29.4. The number of unbranched alkanes of at least 4 members (excludes halogenated alkanes) is 18. The summed E-state index contributed by atoms with van der Waals surface area (Å²) < 4.78 is 76.7. The molecule has 0 unspecified atom stereocenters. The van der Waals surface area contributed by atoms with Crippen LogP contribution in [0.4, 0.5) is 0 Å². The third-order valence-corrected chi connectivity index (χ3v) is 10.4. The molecule has 45 heavy (non-hydrogen) atoms. The van der Waals surface area contributed by atoms with Crippen molar-refractivity contribution < 1.29 is 30.7 Å². The molecule has 0 aromatic heterocycles. The zero-order valence-electron chi connectivity index (χ0n) is 27.8. The Bertz CT molecular complexity index is 1310. The largest absolute Gasteiger partial charge is 0.456 e. The highest BCUT2D eigenvalue weighted by molar-refractivity contribution is 7.89. The van der Waals surface area contributed by atoms with Crippen LogP contribution in [-0.2, 0) is 33.1 Å². The molecule has 0 radical (unpaired) electrons. The van der Waals surface area contributed by atoms with E-state index in [9.17, 15) is 25.9 Å². The van der Waals surface area contributed by atoms with Gasteiger partial charge in [-0.1, -0.05) is 148 Å². The molecule has 0 aliphatic rings. The van der Waals surface area contributed by atoms with Crippen LogP contribution in [0.15, 0.2) is 46.2 Å². The first-order chi connectivity index (χ1) is 21.6. The minimum Gasteiger partial charge on any atom is -0.456 e.